The van der Waals surface area contributed by atoms with Gasteiger partial charge in [0.1, 0.15) is 5.52 Å². The third-order valence-corrected chi connectivity index (χ3v) is 4.02. The summed E-state index contributed by atoms with van der Waals surface area (Å²) in [7, 11) is 0. The summed E-state index contributed by atoms with van der Waals surface area (Å²) in [6.07, 6.45) is 1.67. The highest BCUT2D eigenvalue weighted by atomic mass is 19.1. The number of hydrogen-bond acceptors (Lipinski definition) is 3. The Hall–Kier alpha value is -3.61. The predicted molar refractivity (Wildman–Crippen MR) is 91.6 cm³/mol. The second-order valence-electron chi connectivity index (χ2n) is 5.54. The zero-order valence-corrected chi connectivity index (χ0v) is 12.8. The van der Waals surface area contributed by atoms with E-state index in [2.05, 4.69) is 9.97 Å². The first-order chi connectivity index (χ1) is 12.0. The minimum atomic E-state index is -0.687. The minimum absolute atomic E-state index is 0.320. The zero-order valence-electron chi connectivity index (χ0n) is 12.8. The molecule has 0 saturated heterocycles. The van der Waals surface area contributed by atoms with Crippen molar-refractivity contribution in [2.45, 2.75) is 0 Å². The molecule has 4 rings (SSSR count). The van der Waals surface area contributed by atoms with Gasteiger partial charge < -0.3 is 14.7 Å². The number of halogens is 1. The van der Waals surface area contributed by atoms with Crippen molar-refractivity contribution < 1.29 is 9.50 Å². The van der Waals surface area contributed by atoms with E-state index in [1.54, 1.807) is 47.2 Å². The SMILES string of the molecule is O=c1[nH]c(=O)c2c(ccn2-c2ccc(-c3cccc(F)c3O)cc2)[nH]1. The fourth-order valence-corrected chi connectivity index (χ4v) is 2.85. The molecule has 2 aromatic heterocycles. The number of H-pyrrole nitrogens is 2. The van der Waals surface area contributed by atoms with E-state index in [9.17, 15) is 19.1 Å². The Morgan fingerprint density at radius 3 is 2.48 bits per heavy atom. The molecule has 0 fully saturated rings. The number of hydrogen-bond donors (Lipinski definition) is 3. The number of rotatable bonds is 2. The minimum Gasteiger partial charge on any atom is -0.504 e. The molecule has 0 spiro atoms. The smallest absolute Gasteiger partial charge is 0.326 e. The van der Waals surface area contributed by atoms with Crippen LogP contribution in [0.2, 0.25) is 0 Å². The molecule has 124 valence electrons. The van der Waals surface area contributed by atoms with E-state index in [1.807, 2.05) is 0 Å². The molecule has 0 aliphatic carbocycles. The van der Waals surface area contributed by atoms with Crippen molar-refractivity contribution in [3.8, 4) is 22.6 Å². The van der Waals surface area contributed by atoms with Gasteiger partial charge in [0.05, 0.1) is 5.52 Å². The van der Waals surface area contributed by atoms with E-state index in [0.717, 1.165) is 0 Å². The van der Waals surface area contributed by atoms with Crippen LogP contribution in [-0.4, -0.2) is 19.6 Å². The number of aromatic nitrogens is 3. The summed E-state index contributed by atoms with van der Waals surface area (Å²) in [5, 5.41) is 9.85. The first kappa shape index (κ1) is 14.9. The molecule has 0 saturated carbocycles. The van der Waals surface area contributed by atoms with E-state index in [4.69, 9.17) is 0 Å². The fourth-order valence-electron chi connectivity index (χ4n) is 2.85. The molecule has 3 N–H and O–H groups in total. The molecule has 0 aliphatic rings. The van der Waals surface area contributed by atoms with E-state index < -0.39 is 22.8 Å². The molecular formula is C18H12FN3O3. The van der Waals surface area contributed by atoms with E-state index in [1.165, 1.54) is 12.1 Å². The van der Waals surface area contributed by atoms with Crippen LogP contribution < -0.4 is 11.2 Å². The van der Waals surface area contributed by atoms with Crippen LogP contribution in [0.5, 0.6) is 5.75 Å². The van der Waals surface area contributed by atoms with E-state index in [0.29, 0.717) is 27.8 Å². The molecule has 6 nitrogen and oxygen atoms in total. The molecule has 0 amide bonds. The average molecular weight is 337 g/mol. The van der Waals surface area contributed by atoms with Crippen LogP contribution in [0.15, 0.2) is 64.3 Å². The molecule has 0 unspecified atom stereocenters. The normalized spacial score (nSPS) is 11.1. The Balaban J connectivity index is 1.83. The molecular weight excluding hydrogens is 325 g/mol. The molecule has 25 heavy (non-hydrogen) atoms. The monoisotopic (exact) mass is 337 g/mol. The summed E-state index contributed by atoms with van der Waals surface area (Å²) >= 11 is 0. The Morgan fingerprint density at radius 2 is 1.72 bits per heavy atom. The molecule has 2 heterocycles. The van der Waals surface area contributed by atoms with Crippen LogP contribution in [0.3, 0.4) is 0 Å². The lowest BCUT2D eigenvalue weighted by Gasteiger charge is -2.08. The molecule has 0 aliphatic heterocycles. The van der Waals surface area contributed by atoms with Crippen LogP contribution in [0.4, 0.5) is 4.39 Å². The van der Waals surface area contributed by atoms with Crippen LogP contribution in [-0.2, 0) is 0 Å². The number of phenols is 1. The number of fused-ring (bicyclic) bond motifs is 1. The van der Waals surface area contributed by atoms with E-state index in [-0.39, 0.29) is 0 Å². The molecule has 0 bridgehead atoms. The van der Waals surface area contributed by atoms with Gasteiger partial charge in [-0.3, -0.25) is 9.78 Å². The Bertz CT molecular complexity index is 1200. The van der Waals surface area contributed by atoms with Gasteiger partial charge in [0.2, 0.25) is 0 Å². The van der Waals surface area contributed by atoms with Crippen molar-refractivity contribution in [2.24, 2.45) is 0 Å². The number of aromatic hydroxyl groups is 1. The summed E-state index contributed by atoms with van der Waals surface area (Å²) < 4.78 is 15.1. The first-order valence-corrected chi connectivity index (χ1v) is 7.46. The van der Waals surface area contributed by atoms with Crippen molar-refractivity contribution >= 4 is 11.0 Å². The third-order valence-electron chi connectivity index (χ3n) is 4.02. The van der Waals surface area contributed by atoms with E-state index >= 15 is 0 Å². The first-order valence-electron chi connectivity index (χ1n) is 7.46. The molecule has 2 aromatic carbocycles. The maximum atomic E-state index is 13.5. The van der Waals surface area contributed by atoms with Gasteiger partial charge in [0.15, 0.2) is 11.6 Å². The highest BCUT2D eigenvalue weighted by molar-refractivity contribution is 5.77. The number of nitrogens with zero attached hydrogens (tertiary/aromatic N) is 1. The molecule has 4 aromatic rings. The van der Waals surface area contributed by atoms with Gasteiger partial charge in [-0.2, -0.15) is 0 Å². The van der Waals surface area contributed by atoms with Crippen LogP contribution in [0.1, 0.15) is 0 Å². The van der Waals surface area contributed by atoms with Gasteiger partial charge >= 0.3 is 5.69 Å². The number of aromatic amines is 2. The lowest BCUT2D eigenvalue weighted by Crippen LogP contribution is -2.22. The maximum absolute atomic E-state index is 13.5. The number of para-hydroxylation sites is 1. The predicted octanol–water partition coefficient (Wildman–Crippen LogP) is 2.52. The van der Waals surface area contributed by atoms with Gasteiger partial charge in [-0.15, -0.1) is 0 Å². The van der Waals surface area contributed by atoms with Gasteiger partial charge in [0, 0.05) is 17.4 Å². The fraction of sp³-hybridized carbons (Fsp3) is 0. The van der Waals surface area contributed by atoms with Crippen LogP contribution in [0, 0.1) is 5.82 Å². The summed E-state index contributed by atoms with van der Waals surface area (Å²) in [6.45, 7) is 0. The summed E-state index contributed by atoms with van der Waals surface area (Å²) in [5.41, 5.74) is 1.40. The van der Waals surface area contributed by atoms with Crippen molar-refractivity contribution in [1.29, 1.82) is 0 Å². The molecule has 0 radical (unpaired) electrons. The Kier molecular flexibility index (Phi) is 3.28. The standard InChI is InChI=1S/C18H12FN3O3/c19-13-3-1-2-12(16(13)23)10-4-6-11(7-5-10)22-9-8-14-15(22)17(24)21-18(25)20-14/h1-9,23H,(H2,20,21,24,25). The highest BCUT2D eigenvalue weighted by Crippen LogP contribution is 2.31. The van der Waals surface area contributed by atoms with Gasteiger partial charge in [-0.1, -0.05) is 24.3 Å². The third kappa shape index (κ3) is 2.42. The quantitative estimate of drug-likeness (QED) is 0.525. The van der Waals surface area contributed by atoms with Gasteiger partial charge in [-0.05, 0) is 29.8 Å². The van der Waals surface area contributed by atoms with Crippen molar-refractivity contribution in [2.75, 3.05) is 0 Å². The lowest BCUT2D eigenvalue weighted by atomic mass is 10.0. The largest absolute Gasteiger partial charge is 0.504 e. The highest BCUT2D eigenvalue weighted by Gasteiger charge is 2.11. The second kappa shape index (κ2) is 5.48. The molecule has 0 atom stereocenters. The Morgan fingerprint density at radius 1 is 0.960 bits per heavy atom. The molecule has 7 heteroatoms. The number of benzene rings is 2. The van der Waals surface area contributed by atoms with Gasteiger partial charge in [-0.25, -0.2) is 9.18 Å². The topological polar surface area (TPSA) is 90.9 Å². The van der Waals surface area contributed by atoms with Crippen LogP contribution >= 0.6 is 0 Å². The zero-order chi connectivity index (χ0) is 17.6. The second-order valence-corrected chi connectivity index (χ2v) is 5.54. The van der Waals surface area contributed by atoms with Gasteiger partial charge in [0.25, 0.3) is 5.56 Å². The average Bonchev–Trinajstić information content (AvgIpc) is 3.02. The summed E-state index contributed by atoms with van der Waals surface area (Å²) in [6, 6.07) is 12.9. The number of nitrogens with one attached hydrogen (secondary N) is 2. The van der Waals surface area contributed by atoms with Crippen molar-refractivity contribution in [3.63, 3.8) is 0 Å². The number of phenolic OH excluding ortho intramolecular Hbond substituents is 1. The van der Waals surface area contributed by atoms with Crippen molar-refractivity contribution in [3.05, 3.63) is 81.4 Å². The van der Waals surface area contributed by atoms with Crippen LogP contribution in [0.25, 0.3) is 27.8 Å². The lowest BCUT2D eigenvalue weighted by molar-refractivity contribution is 0.434. The summed E-state index contributed by atoms with van der Waals surface area (Å²) in [4.78, 5) is 28.2. The van der Waals surface area contributed by atoms with Crippen molar-refractivity contribution in [1.82, 2.24) is 14.5 Å². The summed E-state index contributed by atoms with van der Waals surface area (Å²) in [5.74, 6) is -1.09. The maximum Gasteiger partial charge on any atom is 0.326 e. The Labute approximate surface area is 139 Å².